The van der Waals surface area contributed by atoms with E-state index in [1.807, 2.05) is 49.6 Å². The molecule has 0 radical (unpaired) electrons. The Morgan fingerprint density at radius 3 is 2.79 bits per heavy atom. The number of hydrogen-bond donors (Lipinski definition) is 1. The fourth-order valence-corrected chi connectivity index (χ4v) is 6.01. The number of hydrogen-bond acceptors (Lipinski definition) is 7. The highest BCUT2D eigenvalue weighted by Crippen LogP contribution is 2.37. The lowest BCUT2D eigenvalue weighted by atomic mass is 9.96. The van der Waals surface area contributed by atoms with Crippen LogP contribution in [0, 0.1) is 18.3 Å². The maximum Gasteiger partial charge on any atom is 0.235 e. The zero-order valence-electron chi connectivity index (χ0n) is 19.1. The SMILES string of the molecule is CCn1c(SCC(=O)Nc2sc3c(c2C#N)CCCC3)nnc1C(C)Oc1ccc(C)cc1. The van der Waals surface area contributed by atoms with Gasteiger partial charge in [-0.2, -0.15) is 5.26 Å². The lowest BCUT2D eigenvalue weighted by molar-refractivity contribution is -0.113. The van der Waals surface area contributed by atoms with Crippen molar-refractivity contribution in [1.82, 2.24) is 14.8 Å². The largest absolute Gasteiger partial charge is 0.483 e. The number of nitrogens with zero attached hydrogens (tertiary/aromatic N) is 4. The number of ether oxygens (including phenoxy) is 1. The Morgan fingerprint density at radius 2 is 2.06 bits per heavy atom. The molecule has 1 unspecified atom stereocenters. The number of thiophene rings is 1. The maximum absolute atomic E-state index is 12.7. The molecule has 4 rings (SSSR count). The lowest BCUT2D eigenvalue weighted by Gasteiger charge is -2.15. The first-order chi connectivity index (χ1) is 16.0. The number of nitrogens with one attached hydrogen (secondary N) is 1. The topological polar surface area (TPSA) is 92.8 Å². The van der Waals surface area contributed by atoms with Crippen molar-refractivity contribution in [3.63, 3.8) is 0 Å². The van der Waals surface area contributed by atoms with Crippen LogP contribution in [0.25, 0.3) is 0 Å². The monoisotopic (exact) mass is 481 g/mol. The van der Waals surface area contributed by atoms with E-state index >= 15 is 0 Å². The van der Waals surface area contributed by atoms with Crippen molar-refractivity contribution in [2.75, 3.05) is 11.1 Å². The summed E-state index contributed by atoms with van der Waals surface area (Å²) in [4.78, 5) is 13.9. The van der Waals surface area contributed by atoms with E-state index < -0.39 is 0 Å². The highest BCUT2D eigenvalue weighted by atomic mass is 32.2. The van der Waals surface area contributed by atoms with E-state index in [4.69, 9.17) is 4.74 Å². The van der Waals surface area contributed by atoms with Gasteiger partial charge in [0.25, 0.3) is 0 Å². The van der Waals surface area contributed by atoms with Crippen LogP contribution >= 0.6 is 23.1 Å². The average Bonchev–Trinajstić information content (AvgIpc) is 3.39. The summed E-state index contributed by atoms with van der Waals surface area (Å²) in [7, 11) is 0. The average molecular weight is 482 g/mol. The minimum Gasteiger partial charge on any atom is -0.483 e. The van der Waals surface area contributed by atoms with Crippen molar-refractivity contribution in [2.45, 2.75) is 64.3 Å². The van der Waals surface area contributed by atoms with Gasteiger partial charge < -0.3 is 14.6 Å². The van der Waals surface area contributed by atoms with Gasteiger partial charge in [-0.1, -0.05) is 29.5 Å². The number of anilines is 1. The molecule has 2 heterocycles. The zero-order valence-corrected chi connectivity index (χ0v) is 20.7. The number of carbonyl (C=O) groups is 1. The number of amides is 1. The minimum absolute atomic E-state index is 0.147. The molecule has 3 aromatic rings. The molecule has 0 saturated carbocycles. The first-order valence-electron chi connectivity index (χ1n) is 11.1. The molecule has 0 saturated heterocycles. The van der Waals surface area contributed by atoms with Crippen molar-refractivity contribution in [1.29, 1.82) is 5.26 Å². The normalized spacial score (nSPS) is 13.8. The van der Waals surface area contributed by atoms with Crippen LogP contribution in [0.3, 0.4) is 0 Å². The molecule has 1 amide bonds. The van der Waals surface area contributed by atoms with E-state index in [9.17, 15) is 10.1 Å². The second-order valence-corrected chi connectivity index (χ2v) is 10.1. The van der Waals surface area contributed by atoms with E-state index in [0.717, 1.165) is 42.8 Å². The van der Waals surface area contributed by atoms with Crippen LogP contribution in [0.2, 0.25) is 0 Å². The Kier molecular flexibility index (Phi) is 7.36. The Balaban J connectivity index is 1.40. The van der Waals surface area contributed by atoms with E-state index in [1.54, 1.807) is 11.3 Å². The molecule has 1 atom stereocenters. The number of fused-ring (bicyclic) bond motifs is 1. The number of benzene rings is 1. The highest BCUT2D eigenvalue weighted by Gasteiger charge is 2.23. The predicted octanol–water partition coefficient (Wildman–Crippen LogP) is 5.29. The van der Waals surface area contributed by atoms with Crippen LogP contribution in [0.15, 0.2) is 29.4 Å². The van der Waals surface area contributed by atoms with Gasteiger partial charge in [0.15, 0.2) is 17.1 Å². The van der Waals surface area contributed by atoms with Gasteiger partial charge in [-0.05, 0) is 64.2 Å². The van der Waals surface area contributed by atoms with E-state index in [2.05, 4.69) is 21.6 Å². The first kappa shape index (κ1) is 23.3. The minimum atomic E-state index is -0.279. The quantitative estimate of drug-likeness (QED) is 0.440. The number of thioether (sulfide) groups is 1. The lowest BCUT2D eigenvalue weighted by Crippen LogP contribution is -2.15. The molecule has 1 aliphatic carbocycles. The Bertz CT molecular complexity index is 1180. The summed E-state index contributed by atoms with van der Waals surface area (Å²) >= 11 is 2.88. The number of carbonyl (C=O) groups excluding carboxylic acids is 1. The highest BCUT2D eigenvalue weighted by molar-refractivity contribution is 7.99. The van der Waals surface area contributed by atoms with E-state index in [1.165, 1.54) is 22.2 Å². The maximum atomic E-state index is 12.7. The number of nitriles is 1. The number of aromatic nitrogens is 3. The molecule has 2 aromatic heterocycles. The molecule has 1 N–H and O–H groups in total. The first-order valence-corrected chi connectivity index (χ1v) is 12.9. The Hall–Kier alpha value is -2.83. The summed E-state index contributed by atoms with van der Waals surface area (Å²) in [6.45, 7) is 6.67. The van der Waals surface area contributed by atoms with Crippen molar-refractivity contribution in [2.24, 2.45) is 0 Å². The third kappa shape index (κ3) is 5.23. The molecule has 1 aliphatic rings. The van der Waals surface area contributed by atoms with Gasteiger partial charge in [0.05, 0.1) is 11.3 Å². The molecular formula is C24H27N5O2S2. The summed E-state index contributed by atoms with van der Waals surface area (Å²) in [5.74, 6) is 1.54. The molecule has 0 fully saturated rings. The van der Waals surface area contributed by atoms with Crippen LogP contribution < -0.4 is 10.1 Å². The fraction of sp³-hybridized carbons (Fsp3) is 0.417. The second kappa shape index (κ2) is 10.4. The van der Waals surface area contributed by atoms with Gasteiger partial charge in [0.2, 0.25) is 5.91 Å². The van der Waals surface area contributed by atoms with Gasteiger partial charge in [0.1, 0.15) is 16.8 Å². The fourth-order valence-electron chi connectivity index (χ4n) is 3.94. The Labute approximate surface area is 202 Å². The van der Waals surface area contributed by atoms with Crippen LogP contribution in [0.5, 0.6) is 5.75 Å². The summed E-state index contributed by atoms with van der Waals surface area (Å²) in [6, 6.07) is 10.2. The number of rotatable bonds is 8. The summed E-state index contributed by atoms with van der Waals surface area (Å²) in [5.41, 5.74) is 2.93. The molecule has 0 spiro atoms. The molecular weight excluding hydrogens is 454 g/mol. The molecule has 172 valence electrons. The third-order valence-corrected chi connectivity index (χ3v) is 7.80. The summed E-state index contributed by atoms with van der Waals surface area (Å²) < 4.78 is 8.01. The van der Waals surface area contributed by atoms with Gasteiger partial charge in [-0.3, -0.25) is 4.79 Å². The van der Waals surface area contributed by atoms with Crippen LogP contribution in [0.4, 0.5) is 5.00 Å². The molecule has 7 nitrogen and oxygen atoms in total. The summed E-state index contributed by atoms with van der Waals surface area (Å²) in [5, 5.41) is 22.5. The second-order valence-electron chi connectivity index (χ2n) is 8.02. The van der Waals surface area contributed by atoms with Crippen LogP contribution in [0.1, 0.15) is 60.2 Å². The predicted molar refractivity (Wildman–Crippen MR) is 131 cm³/mol. The zero-order chi connectivity index (χ0) is 23.4. The number of aryl methyl sites for hydroxylation is 2. The van der Waals surface area contributed by atoms with Crippen molar-refractivity contribution < 1.29 is 9.53 Å². The molecule has 0 aliphatic heterocycles. The van der Waals surface area contributed by atoms with Crippen LogP contribution in [-0.4, -0.2) is 26.4 Å². The van der Waals surface area contributed by atoms with Crippen molar-refractivity contribution >= 4 is 34.0 Å². The van der Waals surface area contributed by atoms with Gasteiger partial charge in [0, 0.05) is 11.4 Å². The standard InChI is InChI=1S/C24H27N5O2S2/c1-4-29-22(16(3)31-17-11-9-15(2)10-12-17)27-28-24(29)32-14-21(30)26-23-19(13-25)18-7-5-6-8-20(18)33-23/h9-12,16H,4-8,14H2,1-3H3,(H,26,30). The van der Waals surface area contributed by atoms with Crippen molar-refractivity contribution in [3.05, 3.63) is 51.7 Å². The molecule has 1 aromatic carbocycles. The van der Waals surface area contributed by atoms with Gasteiger partial charge in [-0.15, -0.1) is 21.5 Å². The molecule has 33 heavy (non-hydrogen) atoms. The molecule has 0 bridgehead atoms. The van der Waals surface area contributed by atoms with E-state index in [-0.39, 0.29) is 17.8 Å². The van der Waals surface area contributed by atoms with Gasteiger partial charge in [-0.25, -0.2) is 0 Å². The Morgan fingerprint density at radius 1 is 1.30 bits per heavy atom. The summed E-state index contributed by atoms with van der Waals surface area (Å²) in [6.07, 6.45) is 3.87. The van der Waals surface area contributed by atoms with Gasteiger partial charge >= 0.3 is 0 Å². The third-order valence-electron chi connectivity index (χ3n) is 5.63. The van der Waals surface area contributed by atoms with E-state index in [0.29, 0.717) is 22.3 Å². The smallest absolute Gasteiger partial charge is 0.235 e. The van der Waals surface area contributed by atoms with Crippen molar-refractivity contribution in [3.8, 4) is 11.8 Å². The molecule has 9 heteroatoms. The van der Waals surface area contributed by atoms with Crippen LogP contribution in [-0.2, 0) is 24.2 Å².